The molecule has 0 bridgehead atoms. The SMILES string of the molecule is CCN(CC)C(=O)COc1cc(C(=O)O)c(N)cc1OC. The van der Waals surface area contributed by atoms with Crippen molar-refractivity contribution in [1.29, 1.82) is 0 Å². The third kappa shape index (κ3) is 4.01. The van der Waals surface area contributed by atoms with E-state index in [4.69, 9.17) is 20.3 Å². The van der Waals surface area contributed by atoms with Gasteiger partial charge in [-0.05, 0) is 13.8 Å². The topological polar surface area (TPSA) is 102 Å². The molecular formula is C14H20N2O5. The monoisotopic (exact) mass is 296 g/mol. The molecule has 0 aromatic heterocycles. The number of likely N-dealkylation sites (N-methyl/N-ethyl adjacent to an activating group) is 1. The van der Waals surface area contributed by atoms with E-state index < -0.39 is 5.97 Å². The predicted molar refractivity (Wildman–Crippen MR) is 77.8 cm³/mol. The van der Waals surface area contributed by atoms with Gasteiger partial charge in [-0.2, -0.15) is 0 Å². The molecule has 0 radical (unpaired) electrons. The van der Waals surface area contributed by atoms with Crippen molar-refractivity contribution in [3.8, 4) is 11.5 Å². The summed E-state index contributed by atoms with van der Waals surface area (Å²) in [6, 6.07) is 2.62. The number of hydrogen-bond acceptors (Lipinski definition) is 5. The van der Waals surface area contributed by atoms with Crippen molar-refractivity contribution in [2.45, 2.75) is 13.8 Å². The maximum Gasteiger partial charge on any atom is 0.337 e. The second-order valence-corrected chi connectivity index (χ2v) is 4.25. The van der Waals surface area contributed by atoms with E-state index in [1.807, 2.05) is 13.8 Å². The number of benzene rings is 1. The van der Waals surface area contributed by atoms with Crippen molar-refractivity contribution in [2.24, 2.45) is 0 Å². The molecule has 7 heteroatoms. The minimum absolute atomic E-state index is 0.0711. The molecule has 1 aromatic carbocycles. The number of aromatic carboxylic acids is 1. The maximum absolute atomic E-state index is 11.9. The van der Waals surface area contributed by atoms with Crippen LogP contribution in [-0.2, 0) is 4.79 Å². The van der Waals surface area contributed by atoms with Crippen LogP contribution in [0.1, 0.15) is 24.2 Å². The Morgan fingerprint density at radius 3 is 2.33 bits per heavy atom. The molecule has 0 atom stereocenters. The number of carboxylic acids is 1. The number of rotatable bonds is 7. The number of nitrogens with zero attached hydrogens (tertiary/aromatic N) is 1. The number of carbonyl (C=O) groups excluding carboxylic acids is 1. The van der Waals surface area contributed by atoms with Crippen LogP contribution in [0.3, 0.4) is 0 Å². The number of nitrogen functional groups attached to an aromatic ring is 1. The molecule has 1 aromatic rings. The zero-order valence-electron chi connectivity index (χ0n) is 12.4. The summed E-state index contributed by atoms with van der Waals surface area (Å²) in [4.78, 5) is 24.6. The number of anilines is 1. The predicted octanol–water partition coefficient (Wildman–Crippen LogP) is 1.22. The largest absolute Gasteiger partial charge is 0.493 e. The number of hydrogen-bond donors (Lipinski definition) is 2. The van der Waals surface area contributed by atoms with Crippen LogP contribution in [0.15, 0.2) is 12.1 Å². The third-order valence-corrected chi connectivity index (χ3v) is 3.03. The van der Waals surface area contributed by atoms with E-state index in [9.17, 15) is 9.59 Å². The van der Waals surface area contributed by atoms with Crippen LogP contribution in [0.25, 0.3) is 0 Å². The molecule has 0 aliphatic carbocycles. The van der Waals surface area contributed by atoms with Gasteiger partial charge in [0, 0.05) is 25.2 Å². The molecule has 0 fully saturated rings. The Bertz CT molecular complexity index is 526. The van der Waals surface area contributed by atoms with Crippen LogP contribution >= 0.6 is 0 Å². The lowest BCUT2D eigenvalue weighted by molar-refractivity contribution is -0.132. The van der Waals surface area contributed by atoms with Gasteiger partial charge in [0.15, 0.2) is 18.1 Å². The molecular weight excluding hydrogens is 276 g/mol. The van der Waals surface area contributed by atoms with Crippen molar-refractivity contribution in [1.82, 2.24) is 4.90 Å². The first-order chi connectivity index (χ1) is 9.94. The fourth-order valence-electron chi connectivity index (χ4n) is 1.84. The Morgan fingerprint density at radius 1 is 1.24 bits per heavy atom. The fourth-order valence-corrected chi connectivity index (χ4v) is 1.84. The summed E-state index contributed by atoms with van der Waals surface area (Å²) in [5.41, 5.74) is 5.60. The molecule has 0 unspecified atom stereocenters. The maximum atomic E-state index is 11.9. The zero-order valence-corrected chi connectivity index (χ0v) is 12.4. The van der Waals surface area contributed by atoms with Gasteiger partial charge in [0.05, 0.1) is 18.4 Å². The highest BCUT2D eigenvalue weighted by Gasteiger charge is 2.17. The lowest BCUT2D eigenvalue weighted by Crippen LogP contribution is -2.34. The van der Waals surface area contributed by atoms with Gasteiger partial charge in [-0.15, -0.1) is 0 Å². The minimum Gasteiger partial charge on any atom is -0.493 e. The quantitative estimate of drug-likeness (QED) is 0.734. The summed E-state index contributed by atoms with van der Waals surface area (Å²) in [7, 11) is 1.41. The Balaban J connectivity index is 2.94. The Labute approximate surface area is 123 Å². The van der Waals surface area contributed by atoms with E-state index in [1.54, 1.807) is 4.90 Å². The van der Waals surface area contributed by atoms with E-state index in [0.717, 1.165) is 0 Å². The van der Waals surface area contributed by atoms with Gasteiger partial charge in [0.1, 0.15) is 0 Å². The average molecular weight is 296 g/mol. The number of ether oxygens (including phenoxy) is 2. The third-order valence-electron chi connectivity index (χ3n) is 3.03. The number of nitrogens with two attached hydrogens (primary N) is 1. The van der Waals surface area contributed by atoms with Gasteiger partial charge in [-0.3, -0.25) is 4.79 Å². The lowest BCUT2D eigenvalue weighted by atomic mass is 10.1. The molecule has 116 valence electrons. The van der Waals surface area contributed by atoms with E-state index in [1.165, 1.54) is 19.2 Å². The molecule has 7 nitrogen and oxygen atoms in total. The first kappa shape index (κ1) is 16.6. The molecule has 1 rings (SSSR count). The van der Waals surface area contributed by atoms with Gasteiger partial charge < -0.3 is 25.2 Å². The van der Waals surface area contributed by atoms with Gasteiger partial charge in [-0.1, -0.05) is 0 Å². The van der Waals surface area contributed by atoms with Gasteiger partial charge in [0.25, 0.3) is 5.91 Å². The average Bonchev–Trinajstić information content (AvgIpc) is 2.46. The van der Waals surface area contributed by atoms with Gasteiger partial charge >= 0.3 is 5.97 Å². The summed E-state index contributed by atoms with van der Waals surface area (Å²) in [5, 5.41) is 9.04. The number of methoxy groups -OCH3 is 1. The van der Waals surface area contributed by atoms with Crippen LogP contribution in [-0.4, -0.2) is 48.7 Å². The van der Waals surface area contributed by atoms with Gasteiger partial charge in [0.2, 0.25) is 0 Å². The summed E-state index contributed by atoms with van der Waals surface area (Å²) >= 11 is 0. The first-order valence-electron chi connectivity index (χ1n) is 6.55. The van der Waals surface area contributed by atoms with Crippen LogP contribution < -0.4 is 15.2 Å². The van der Waals surface area contributed by atoms with Crippen LogP contribution in [0, 0.1) is 0 Å². The molecule has 21 heavy (non-hydrogen) atoms. The van der Waals surface area contributed by atoms with Crippen LogP contribution in [0.2, 0.25) is 0 Å². The minimum atomic E-state index is -1.17. The smallest absolute Gasteiger partial charge is 0.337 e. The second kappa shape index (κ2) is 7.37. The zero-order chi connectivity index (χ0) is 16.0. The summed E-state index contributed by atoms with van der Waals surface area (Å²) in [6.45, 7) is 4.71. The molecule has 0 heterocycles. The van der Waals surface area contributed by atoms with E-state index in [0.29, 0.717) is 13.1 Å². The molecule has 0 saturated heterocycles. The highest BCUT2D eigenvalue weighted by molar-refractivity contribution is 5.94. The molecule has 3 N–H and O–H groups in total. The Hall–Kier alpha value is -2.44. The molecule has 1 amide bonds. The van der Waals surface area contributed by atoms with Crippen molar-refractivity contribution < 1.29 is 24.2 Å². The highest BCUT2D eigenvalue weighted by atomic mass is 16.5. The van der Waals surface area contributed by atoms with Crippen LogP contribution in [0.5, 0.6) is 11.5 Å². The lowest BCUT2D eigenvalue weighted by Gasteiger charge is -2.19. The fraction of sp³-hybridized carbons (Fsp3) is 0.429. The van der Waals surface area contributed by atoms with E-state index in [-0.39, 0.29) is 35.3 Å². The molecule has 0 saturated carbocycles. The van der Waals surface area contributed by atoms with Crippen molar-refractivity contribution in [3.05, 3.63) is 17.7 Å². The first-order valence-corrected chi connectivity index (χ1v) is 6.55. The number of carboxylic acid groups (broad SMARTS) is 1. The van der Waals surface area contributed by atoms with Crippen molar-refractivity contribution in [2.75, 3.05) is 32.5 Å². The van der Waals surface area contributed by atoms with E-state index >= 15 is 0 Å². The normalized spacial score (nSPS) is 10.0. The summed E-state index contributed by atoms with van der Waals surface area (Å²) in [5.74, 6) is -0.903. The summed E-state index contributed by atoms with van der Waals surface area (Å²) in [6.07, 6.45) is 0. The summed E-state index contributed by atoms with van der Waals surface area (Å²) < 4.78 is 10.5. The molecule has 0 spiro atoms. The second-order valence-electron chi connectivity index (χ2n) is 4.25. The standard InChI is InChI=1S/C14H20N2O5/c1-4-16(5-2)13(17)8-21-12-6-9(14(18)19)10(15)7-11(12)20-3/h6-7H,4-5,8,15H2,1-3H3,(H,18,19). The van der Waals surface area contributed by atoms with Crippen molar-refractivity contribution in [3.63, 3.8) is 0 Å². The Morgan fingerprint density at radius 2 is 1.86 bits per heavy atom. The number of amides is 1. The molecule has 0 aliphatic rings. The number of carbonyl (C=O) groups is 2. The van der Waals surface area contributed by atoms with E-state index in [2.05, 4.69) is 0 Å². The van der Waals surface area contributed by atoms with Crippen molar-refractivity contribution >= 4 is 17.6 Å². The van der Waals surface area contributed by atoms with Crippen LogP contribution in [0.4, 0.5) is 5.69 Å². The Kier molecular flexibility index (Phi) is 5.83. The molecule has 0 aliphatic heterocycles. The van der Waals surface area contributed by atoms with Gasteiger partial charge in [-0.25, -0.2) is 4.79 Å². The highest BCUT2D eigenvalue weighted by Crippen LogP contribution is 2.32.